The van der Waals surface area contributed by atoms with Gasteiger partial charge in [-0.05, 0) is 43.0 Å². The number of carbonyl (C=O) groups excluding carboxylic acids is 1. The minimum atomic E-state index is 0.536. The van der Waals surface area contributed by atoms with Crippen LogP contribution < -0.4 is 0 Å². The highest BCUT2D eigenvalue weighted by Gasteiger charge is 2.26. The number of imidazole rings is 1. The molecule has 0 bridgehead atoms. The lowest BCUT2D eigenvalue weighted by Crippen LogP contribution is -2.13. The van der Waals surface area contributed by atoms with Crippen molar-refractivity contribution < 1.29 is 4.79 Å². The molecule has 3 aromatic rings. The number of nitrogens with zero attached hydrogens (tertiary/aromatic N) is 3. The van der Waals surface area contributed by atoms with Crippen molar-refractivity contribution in [3.05, 3.63) is 28.2 Å². The fourth-order valence-corrected chi connectivity index (χ4v) is 5.63. The van der Waals surface area contributed by atoms with Gasteiger partial charge in [-0.15, -0.1) is 11.3 Å². The lowest BCUT2D eigenvalue weighted by atomic mass is 9.80. The molecule has 0 aliphatic heterocycles. The molecule has 1 fully saturated rings. The van der Waals surface area contributed by atoms with Gasteiger partial charge in [0.1, 0.15) is 16.4 Å². The Morgan fingerprint density at radius 1 is 1.32 bits per heavy atom. The molecular formula is C19H23N3OS2. The largest absolute Gasteiger partial charge is 0.296 e. The first-order valence-corrected chi connectivity index (χ1v) is 10.9. The van der Waals surface area contributed by atoms with E-state index in [1.54, 1.807) is 27.2 Å². The maximum atomic E-state index is 11.6. The van der Waals surface area contributed by atoms with Crippen LogP contribution in [-0.4, -0.2) is 20.9 Å². The van der Waals surface area contributed by atoms with E-state index in [9.17, 15) is 4.79 Å². The molecule has 25 heavy (non-hydrogen) atoms. The molecule has 0 N–H and O–H groups in total. The van der Waals surface area contributed by atoms with E-state index in [4.69, 9.17) is 10.1 Å². The minimum absolute atomic E-state index is 0.536. The monoisotopic (exact) mass is 373 g/mol. The van der Waals surface area contributed by atoms with Crippen LogP contribution in [0.2, 0.25) is 0 Å². The zero-order valence-electron chi connectivity index (χ0n) is 14.5. The van der Waals surface area contributed by atoms with Crippen molar-refractivity contribution in [2.45, 2.75) is 57.8 Å². The Morgan fingerprint density at radius 2 is 2.16 bits per heavy atom. The number of carbonyl (C=O) groups is 1. The van der Waals surface area contributed by atoms with E-state index in [1.807, 2.05) is 17.5 Å². The van der Waals surface area contributed by atoms with E-state index in [2.05, 4.69) is 6.92 Å². The molecule has 1 aliphatic carbocycles. The summed E-state index contributed by atoms with van der Waals surface area (Å²) in [5.74, 6) is 1.44. The van der Waals surface area contributed by atoms with Crippen LogP contribution >= 0.6 is 22.7 Å². The van der Waals surface area contributed by atoms with Crippen molar-refractivity contribution in [1.29, 1.82) is 0 Å². The van der Waals surface area contributed by atoms with Gasteiger partial charge in [0.25, 0.3) is 0 Å². The number of aromatic nitrogens is 3. The summed E-state index contributed by atoms with van der Waals surface area (Å²) in [7, 11) is 0. The summed E-state index contributed by atoms with van der Waals surface area (Å²) in [4.78, 5) is 18.2. The molecule has 0 atom stereocenters. The average molecular weight is 374 g/mol. The van der Waals surface area contributed by atoms with Gasteiger partial charge in [-0.25, -0.2) is 4.98 Å². The first-order chi connectivity index (χ1) is 12.3. The third-order valence-electron chi connectivity index (χ3n) is 5.28. The van der Waals surface area contributed by atoms with Crippen molar-refractivity contribution in [2.75, 3.05) is 0 Å². The second-order valence-electron chi connectivity index (χ2n) is 6.94. The molecule has 3 aromatic heterocycles. The van der Waals surface area contributed by atoms with Crippen molar-refractivity contribution in [3.8, 4) is 10.6 Å². The highest BCUT2D eigenvalue weighted by molar-refractivity contribution is 7.17. The molecule has 4 nitrogen and oxygen atoms in total. The number of rotatable bonds is 6. The number of aldehydes is 1. The molecule has 0 aromatic carbocycles. The smallest absolute Gasteiger partial charge is 0.213 e. The molecule has 1 aliphatic rings. The predicted molar refractivity (Wildman–Crippen MR) is 104 cm³/mol. The summed E-state index contributed by atoms with van der Waals surface area (Å²) >= 11 is 3.26. The summed E-state index contributed by atoms with van der Waals surface area (Å²) in [6.45, 7) is 2.27. The number of thiophene rings is 1. The zero-order chi connectivity index (χ0) is 17.2. The maximum absolute atomic E-state index is 11.6. The second kappa shape index (κ2) is 7.38. The molecule has 0 saturated heterocycles. The summed E-state index contributed by atoms with van der Waals surface area (Å²) in [6.07, 6.45) is 9.99. The predicted octanol–water partition coefficient (Wildman–Crippen LogP) is 5.80. The van der Waals surface area contributed by atoms with Gasteiger partial charge in [-0.3, -0.25) is 4.79 Å². The molecule has 4 rings (SSSR count). The third kappa shape index (κ3) is 3.29. The lowest BCUT2D eigenvalue weighted by molar-refractivity contribution is 0.111. The standard InChI is InChI=1S/C19H23N3OS2/c1-2-3-5-13-7-9-14(10-8-13)18-21-22-15(12-23)17(20-19(22)25-18)16-6-4-11-24-16/h4,6,11-14H,2-3,5,7-10H2,1H3. The van der Waals surface area contributed by atoms with Crippen molar-refractivity contribution >= 4 is 33.9 Å². The van der Waals surface area contributed by atoms with E-state index >= 15 is 0 Å². The van der Waals surface area contributed by atoms with Crippen LogP contribution in [0.3, 0.4) is 0 Å². The normalized spacial score (nSPS) is 21.0. The van der Waals surface area contributed by atoms with Crippen LogP contribution in [0.5, 0.6) is 0 Å². The highest BCUT2D eigenvalue weighted by atomic mass is 32.1. The Kier molecular flexibility index (Phi) is 4.99. The van der Waals surface area contributed by atoms with Crippen LogP contribution in [0, 0.1) is 5.92 Å². The molecule has 132 valence electrons. The van der Waals surface area contributed by atoms with Crippen LogP contribution in [0.1, 0.15) is 73.3 Å². The Labute approximate surface area is 155 Å². The van der Waals surface area contributed by atoms with Crippen molar-refractivity contribution in [2.24, 2.45) is 5.92 Å². The molecular weight excluding hydrogens is 350 g/mol. The van der Waals surface area contributed by atoms with Gasteiger partial charge in [0, 0.05) is 5.92 Å². The van der Waals surface area contributed by atoms with Crippen LogP contribution in [0.15, 0.2) is 17.5 Å². The Bertz CT molecular complexity index is 842. The van der Waals surface area contributed by atoms with Crippen LogP contribution in [0.4, 0.5) is 0 Å². The van der Waals surface area contributed by atoms with E-state index in [1.165, 1.54) is 44.9 Å². The molecule has 1 saturated carbocycles. The number of unbranched alkanes of at least 4 members (excludes halogenated alkanes) is 1. The van der Waals surface area contributed by atoms with Crippen LogP contribution in [0.25, 0.3) is 15.5 Å². The van der Waals surface area contributed by atoms with Gasteiger partial charge in [-0.2, -0.15) is 9.61 Å². The lowest BCUT2D eigenvalue weighted by Gasteiger charge is -2.26. The summed E-state index contributed by atoms with van der Waals surface area (Å²) in [6, 6.07) is 3.99. The Morgan fingerprint density at radius 3 is 2.84 bits per heavy atom. The molecule has 0 spiro atoms. The van der Waals surface area contributed by atoms with E-state index in [-0.39, 0.29) is 0 Å². The zero-order valence-corrected chi connectivity index (χ0v) is 16.1. The Hall–Kier alpha value is -1.53. The highest BCUT2D eigenvalue weighted by Crippen LogP contribution is 2.40. The van der Waals surface area contributed by atoms with Gasteiger partial charge in [0.15, 0.2) is 6.29 Å². The van der Waals surface area contributed by atoms with E-state index < -0.39 is 0 Å². The van der Waals surface area contributed by atoms with Crippen LogP contribution in [-0.2, 0) is 0 Å². The summed E-state index contributed by atoms with van der Waals surface area (Å²) < 4.78 is 1.76. The van der Waals surface area contributed by atoms with Gasteiger partial charge in [0.05, 0.1) is 4.88 Å². The number of hydrogen-bond acceptors (Lipinski definition) is 5. The second-order valence-corrected chi connectivity index (χ2v) is 8.87. The van der Waals surface area contributed by atoms with Gasteiger partial charge < -0.3 is 0 Å². The van der Waals surface area contributed by atoms with Gasteiger partial charge >= 0.3 is 0 Å². The number of fused-ring (bicyclic) bond motifs is 1. The topological polar surface area (TPSA) is 47.3 Å². The fourth-order valence-electron chi connectivity index (χ4n) is 3.84. The summed E-state index contributed by atoms with van der Waals surface area (Å²) in [5.41, 5.74) is 1.34. The third-order valence-corrected chi connectivity index (χ3v) is 7.23. The summed E-state index contributed by atoms with van der Waals surface area (Å²) in [5, 5.41) is 7.93. The SMILES string of the molecule is CCCCC1CCC(c2nn3c(C=O)c(-c4cccs4)nc3s2)CC1. The molecule has 0 unspecified atom stereocenters. The fraction of sp³-hybridized carbons (Fsp3) is 0.526. The molecule has 6 heteroatoms. The maximum Gasteiger partial charge on any atom is 0.213 e. The van der Waals surface area contributed by atoms with Crippen molar-refractivity contribution in [3.63, 3.8) is 0 Å². The minimum Gasteiger partial charge on any atom is -0.296 e. The quantitative estimate of drug-likeness (QED) is 0.513. The van der Waals surface area contributed by atoms with Gasteiger partial charge in [-0.1, -0.05) is 43.6 Å². The van der Waals surface area contributed by atoms with Crippen molar-refractivity contribution in [1.82, 2.24) is 14.6 Å². The number of hydrogen-bond donors (Lipinski definition) is 0. The van der Waals surface area contributed by atoms with Gasteiger partial charge in [0.2, 0.25) is 4.96 Å². The molecule has 3 heterocycles. The first kappa shape index (κ1) is 16.9. The van der Waals surface area contributed by atoms with E-state index in [0.717, 1.165) is 32.7 Å². The van der Waals surface area contributed by atoms with E-state index in [0.29, 0.717) is 11.6 Å². The Balaban J connectivity index is 1.55. The molecule has 0 amide bonds. The average Bonchev–Trinajstić information content (AvgIpc) is 3.35. The molecule has 0 radical (unpaired) electrons. The first-order valence-electron chi connectivity index (χ1n) is 9.18.